The molecule has 1 fully saturated rings. The number of ether oxygens (including phenoxy) is 1. The molecule has 1 aliphatic heterocycles. The molecule has 0 bridgehead atoms. The van der Waals surface area contributed by atoms with E-state index in [2.05, 4.69) is 39.2 Å². The third kappa shape index (κ3) is 3.80. The number of amides is 1. The summed E-state index contributed by atoms with van der Waals surface area (Å²) in [6.45, 7) is 5.93. The van der Waals surface area contributed by atoms with Gasteiger partial charge in [-0.05, 0) is 37.8 Å². The highest BCUT2D eigenvalue weighted by molar-refractivity contribution is 7.21. The van der Waals surface area contributed by atoms with E-state index in [1.165, 1.54) is 16.9 Å². The molecule has 32 heavy (non-hydrogen) atoms. The number of nitrogens with one attached hydrogen (secondary N) is 1. The fourth-order valence-corrected chi connectivity index (χ4v) is 5.72. The van der Waals surface area contributed by atoms with Crippen molar-refractivity contribution in [3.05, 3.63) is 40.2 Å². The molecule has 168 valence electrons. The third-order valence-electron chi connectivity index (χ3n) is 6.52. The van der Waals surface area contributed by atoms with Gasteiger partial charge < -0.3 is 20.7 Å². The van der Waals surface area contributed by atoms with Gasteiger partial charge in [-0.15, -0.1) is 11.3 Å². The standard InChI is InChI=1S/C23H28N6O2S/c1-12-10-29(11-17(12)31-3)18-7-4-14-8-15(5-6-16(14)28-18)27-22(30)21-19(24)20-23(32-21)26-13(2)9-25-20/h4,7,9,12,15,17H,5-6,8,10-11,24H2,1-3H3,(H,27,30)/t12-,15-,17-/m0/s1. The zero-order valence-electron chi connectivity index (χ0n) is 18.6. The highest BCUT2D eigenvalue weighted by atomic mass is 32.1. The van der Waals surface area contributed by atoms with Crippen molar-refractivity contribution in [2.45, 2.75) is 45.3 Å². The van der Waals surface area contributed by atoms with E-state index in [1.807, 2.05) is 6.92 Å². The largest absolute Gasteiger partial charge is 0.396 e. The molecule has 0 saturated carbocycles. The molecule has 3 atom stereocenters. The summed E-state index contributed by atoms with van der Waals surface area (Å²) in [5, 5.41) is 3.16. The van der Waals surface area contributed by atoms with Crippen LogP contribution in [-0.2, 0) is 17.6 Å². The van der Waals surface area contributed by atoms with Crippen LogP contribution in [0.25, 0.3) is 10.3 Å². The summed E-state index contributed by atoms with van der Waals surface area (Å²) >= 11 is 1.30. The van der Waals surface area contributed by atoms with Gasteiger partial charge in [0, 0.05) is 44.0 Å². The Morgan fingerprint density at radius 1 is 1.31 bits per heavy atom. The molecular weight excluding hydrogens is 424 g/mol. The summed E-state index contributed by atoms with van der Waals surface area (Å²) in [7, 11) is 1.78. The lowest BCUT2D eigenvalue weighted by molar-refractivity contribution is 0.0899. The first-order valence-corrected chi connectivity index (χ1v) is 11.8. The molecule has 3 aromatic heterocycles. The van der Waals surface area contributed by atoms with Gasteiger partial charge in [-0.2, -0.15) is 0 Å². The minimum atomic E-state index is -0.153. The Hall–Kier alpha value is -2.78. The van der Waals surface area contributed by atoms with Crippen LogP contribution in [0.2, 0.25) is 0 Å². The van der Waals surface area contributed by atoms with Crippen molar-refractivity contribution in [2.24, 2.45) is 5.92 Å². The lowest BCUT2D eigenvalue weighted by Gasteiger charge is -2.26. The van der Waals surface area contributed by atoms with Crippen molar-refractivity contribution in [1.29, 1.82) is 0 Å². The average Bonchev–Trinajstić information content (AvgIpc) is 3.32. The Labute approximate surface area is 191 Å². The van der Waals surface area contributed by atoms with Crippen LogP contribution >= 0.6 is 11.3 Å². The number of hydrogen-bond donors (Lipinski definition) is 2. The number of fused-ring (bicyclic) bond motifs is 2. The molecule has 5 rings (SSSR count). The molecule has 2 aliphatic rings. The van der Waals surface area contributed by atoms with Crippen LogP contribution in [0.4, 0.5) is 11.5 Å². The number of aryl methyl sites for hydroxylation is 2. The van der Waals surface area contributed by atoms with E-state index in [4.69, 9.17) is 15.5 Å². The van der Waals surface area contributed by atoms with Crippen LogP contribution < -0.4 is 16.0 Å². The van der Waals surface area contributed by atoms with Gasteiger partial charge in [0.25, 0.3) is 5.91 Å². The maximum absolute atomic E-state index is 12.9. The summed E-state index contributed by atoms with van der Waals surface area (Å²) in [6.07, 6.45) is 4.39. The Balaban J connectivity index is 1.28. The topological polar surface area (TPSA) is 106 Å². The van der Waals surface area contributed by atoms with E-state index in [9.17, 15) is 4.79 Å². The Bertz CT molecular complexity index is 1180. The number of carbonyl (C=O) groups excluding carboxylic acids is 1. The van der Waals surface area contributed by atoms with Gasteiger partial charge in [0.05, 0.1) is 17.5 Å². The van der Waals surface area contributed by atoms with Crippen LogP contribution in [0, 0.1) is 12.8 Å². The number of carbonyl (C=O) groups is 1. The summed E-state index contributed by atoms with van der Waals surface area (Å²) in [5.41, 5.74) is 10.3. The number of pyridine rings is 1. The Morgan fingerprint density at radius 2 is 2.16 bits per heavy atom. The molecule has 0 aromatic carbocycles. The summed E-state index contributed by atoms with van der Waals surface area (Å²) < 4.78 is 5.58. The van der Waals surface area contributed by atoms with Crippen LogP contribution in [0.5, 0.6) is 0 Å². The van der Waals surface area contributed by atoms with Crippen LogP contribution in [0.15, 0.2) is 18.3 Å². The highest BCUT2D eigenvalue weighted by Crippen LogP contribution is 2.32. The van der Waals surface area contributed by atoms with Gasteiger partial charge in [-0.1, -0.05) is 13.0 Å². The average molecular weight is 453 g/mol. The quantitative estimate of drug-likeness (QED) is 0.627. The van der Waals surface area contributed by atoms with Crippen molar-refractivity contribution < 1.29 is 9.53 Å². The van der Waals surface area contributed by atoms with Gasteiger partial charge in [0.15, 0.2) is 0 Å². The third-order valence-corrected chi connectivity index (χ3v) is 7.61. The zero-order chi connectivity index (χ0) is 22.4. The predicted molar refractivity (Wildman–Crippen MR) is 126 cm³/mol. The second-order valence-corrected chi connectivity index (χ2v) is 9.85. The van der Waals surface area contributed by atoms with Crippen molar-refractivity contribution in [1.82, 2.24) is 20.3 Å². The number of nitrogens with zero attached hydrogens (tertiary/aromatic N) is 4. The summed E-state index contributed by atoms with van der Waals surface area (Å²) in [5.74, 6) is 1.36. The van der Waals surface area contributed by atoms with Gasteiger partial charge in [-0.25, -0.2) is 15.0 Å². The van der Waals surface area contributed by atoms with Crippen molar-refractivity contribution in [3.63, 3.8) is 0 Å². The lowest BCUT2D eigenvalue weighted by atomic mass is 9.91. The molecular formula is C23H28N6O2S. The number of thiophene rings is 1. The number of anilines is 2. The van der Waals surface area contributed by atoms with E-state index < -0.39 is 0 Å². The molecule has 8 nitrogen and oxygen atoms in total. The van der Waals surface area contributed by atoms with Crippen LogP contribution in [0.3, 0.4) is 0 Å². The molecule has 1 amide bonds. The number of nitrogen functional groups attached to an aromatic ring is 1. The normalized spacial score (nSPS) is 22.8. The smallest absolute Gasteiger partial charge is 0.263 e. The zero-order valence-corrected chi connectivity index (χ0v) is 19.4. The van der Waals surface area contributed by atoms with E-state index in [0.29, 0.717) is 26.8 Å². The predicted octanol–water partition coefficient (Wildman–Crippen LogP) is 2.74. The van der Waals surface area contributed by atoms with E-state index >= 15 is 0 Å². The fourth-order valence-electron chi connectivity index (χ4n) is 4.72. The number of aromatic nitrogens is 3. The van der Waals surface area contributed by atoms with Crippen LogP contribution in [-0.4, -0.2) is 53.2 Å². The van der Waals surface area contributed by atoms with E-state index in [-0.39, 0.29) is 18.1 Å². The Kier molecular flexibility index (Phi) is 5.46. The molecule has 0 spiro atoms. The van der Waals surface area contributed by atoms with Gasteiger partial charge in [0.2, 0.25) is 0 Å². The van der Waals surface area contributed by atoms with Crippen LogP contribution in [0.1, 0.15) is 40.0 Å². The molecule has 9 heteroatoms. The number of nitrogens with two attached hydrogens (primary N) is 1. The first-order chi connectivity index (χ1) is 15.4. The first-order valence-electron chi connectivity index (χ1n) is 11.0. The Morgan fingerprint density at radius 3 is 2.94 bits per heavy atom. The lowest BCUT2D eigenvalue weighted by Crippen LogP contribution is -2.39. The van der Waals surface area contributed by atoms with Gasteiger partial charge in [0.1, 0.15) is 21.0 Å². The monoisotopic (exact) mass is 452 g/mol. The van der Waals surface area contributed by atoms with E-state index in [0.717, 1.165) is 49.6 Å². The molecule has 4 heterocycles. The summed E-state index contributed by atoms with van der Waals surface area (Å²) in [4.78, 5) is 30.2. The maximum atomic E-state index is 12.9. The number of hydrogen-bond acceptors (Lipinski definition) is 8. The van der Waals surface area contributed by atoms with E-state index in [1.54, 1.807) is 13.3 Å². The van der Waals surface area contributed by atoms with Crippen molar-refractivity contribution in [3.8, 4) is 0 Å². The fraction of sp³-hybridized carbons (Fsp3) is 0.478. The molecule has 0 radical (unpaired) electrons. The summed E-state index contributed by atoms with van der Waals surface area (Å²) in [6, 6.07) is 4.31. The molecule has 1 saturated heterocycles. The van der Waals surface area contributed by atoms with Gasteiger partial charge in [-0.3, -0.25) is 4.79 Å². The van der Waals surface area contributed by atoms with Gasteiger partial charge >= 0.3 is 0 Å². The SMILES string of the molecule is CO[C@H]1CN(c2ccc3c(n2)CC[C@H](NC(=O)c2sc4nc(C)cnc4c2N)C3)C[C@@H]1C. The number of methoxy groups -OCH3 is 1. The van der Waals surface area contributed by atoms with Crippen molar-refractivity contribution >= 4 is 39.1 Å². The molecule has 3 aromatic rings. The molecule has 1 aliphatic carbocycles. The minimum Gasteiger partial charge on any atom is -0.396 e. The second-order valence-electron chi connectivity index (χ2n) is 8.85. The maximum Gasteiger partial charge on any atom is 0.263 e. The first kappa shape index (κ1) is 21.1. The molecule has 0 unspecified atom stereocenters. The van der Waals surface area contributed by atoms with Crippen molar-refractivity contribution in [2.75, 3.05) is 30.8 Å². The molecule has 3 N–H and O–H groups in total. The minimum absolute atomic E-state index is 0.0552. The second kappa shape index (κ2) is 8.29. The highest BCUT2D eigenvalue weighted by Gasteiger charge is 2.31. The number of rotatable bonds is 4.